The summed E-state index contributed by atoms with van der Waals surface area (Å²) < 4.78 is 10.2. The Morgan fingerprint density at radius 3 is 2.19 bits per heavy atom. The van der Waals surface area contributed by atoms with Crippen LogP contribution in [0.5, 0.6) is 0 Å². The van der Waals surface area contributed by atoms with Gasteiger partial charge in [0.25, 0.3) is 0 Å². The topological polar surface area (TPSA) is 35.5 Å². The lowest BCUT2D eigenvalue weighted by Crippen LogP contribution is -2.47. The Bertz CT molecular complexity index is 255. The molecular weight excluding hydrogens is 204 g/mol. The van der Waals surface area contributed by atoms with Crippen molar-refractivity contribution < 1.29 is 14.3 Å². The number of rotatable bonds is 1. The van der Waals surface area contributed by atoms with Gasteiger partial charge in [-0.3, -0.25) is 0 Å². The van der Waals surface area contributed by atoms with Gasteiger partial charge >= 0.3 is 6.16 Å². The molecule has 2 rings (SSSR count). The van der Waals surface area contributed by atoms with Gasteiger partial charge in [-0.05, 0) is 49.9 Å². The number of methoxy groups -OCH3 is 1. The van der Waals surface area contributed by atoms with Crippen LogP contribution < -0.4 is 0 Å². The summed E-state index contributed by atoms with van der Waals surface area (Å²) in [4.78, 5) is 11.3. The Labute approximate surface area is 97.5 Å². The molecular formula is C13H22O3. The smallest absolute Gasteiger partial charge is 0.438 e. The number of hydrogen-bond donors (Lipinski definition) is 0. The maximum absolute atomic E-state index is 11.3. The SMILES string of the molecule is COC(=O)OC12CC(C)CC(CC(C)C1)C2. The van der Waals surface area contributed by atoms with Crippen LogP contribution in [0, 0.1) is 17.8 Å². The van der Waals surface area contributed by atoms with E-state index in [0.717, 1.165) is 25.2 Å². The average molecular weight is 226 g/mol. The number of carbonyl (C=O) groups excluding carboxylic acids is 1. The second kappa shape index (κ2) is 4.27. The molecule has 3 nitrogen and oxygen atoms in total. The van der Waals surface area contributed by atoms with Gasteiger partial charge in [-0.1, -0.05) is 13.8 Å². The van der Waals surface area contributed by atoms with E-state index in [9.17, 15) is 4.79 Å². The Balaban J connectivity index is 2.11. The molecule has 0 aromatic heterocycles. The minimum atomic E-state index is -0.512. The van der Waals surface area contributed by atoms with Gasteiger partial charge in [-0.25, -0.2) is 4.79 Å². The van der Waals surface area contributed by atoms with Crippen molar-refractivity contribution in [2.75, 3.05) is 7.11 Å². The van der Waals surface area contributed by atoms with Gasteiger partial charge in [-0.15, -0.1) is 0 Å². The summed E-state index contributed by atoms with van der Waals surface area (Å²) in [5.41, 5.74) is -0.229. The van der Waals surface area contributed by atoms with Crippen molar-refractivity contribution in [2.45, 2.75) is 51.6 Å². The molecule has 2 unspecified atom stereocenters. The molecule has 3 heteroatoms. The molecule has 2 aliphatic carbocycles. The molecule has 16 heavy (non-hydrogen) atoms. The minimum Gasteiger partial charge on any atom is -0.438 e. The fourth-order valence-corrected chi connectivity index (χ4v) is 3.96. The van der Waals surface area contributed by atoms with E-state index in [4.69, 9.17) is 4.74 Å². The summed E-state index contributed by atoms with van der Waals surface area (Å²) in [5.74, 6) is 2.06. The third-order valence-corrected chi connectivity index (χ3v) is 4.04. The van der Waals surface area contributed by atoms with Crippen LogP contribution in [0.3, 0.4) is 0 Å². The van der Waals surface area contributed by atoms with E-state index < -0.39 is 6.16 Å². The third-order valence-electron chi connectivity index (χ3n) is 4.04. The van der Waals surface area contributed by atoms with Crippen molar-refractivity contribution in [1.82, 2.24) is 0 Å². The van der Waals surface area contributed by atoms with E-state index >= 15 is 0 Å². The van der Waals surface area contributed by atoms with E-state index in [0.29, 0.717) is 11.8 Å². The number of fused-ring (bicyclic) bond motifs is 2. The zero-order chi connectivity index (χ0) is 11.8. The van der Waals surface area contributed by atoms with Crippen molar-refractivity contribution in [3.05, 3.63) is 0 Å². The molecule has 0 heterocycles. The second-order valence-electron chi connectivity index (χ2n) is 5.90. The van der Waals surface area contributed by atoms with Crippen LogP contribution in [0.25, 0.3) is 0 Å². The van der Waals surface area contributed by atoms with Crippen molar-refractivity contribution >= 4 is 6.16 Å². The predicted octanol–water partition coefficient (Wildman–Crippen LogP) is 3.37. The minimum absolute atomic E-state index is 0.229. The maximum atomic E-state index is 11.3. The summed E-state index contributed by atoms with van der Waals surface area (Å²) in [5, 5.41) is 0. The van der Waals surface area contributed by atoms with Crippen molar-refractivity contribution in [1.29, 1.82) is 0 Å². The molecule has 2 saturated carbocycles. The van der Waals surface area contributed by atoms with Crippen LogP contribution in [0.4, 0.5) is 4.79 Å². The summed E-state index contributed by atoms with van der Waals surface area (Å²) in [6.07, 6.45) is 5.11. The van der Waals surface area contributed by atoms with Crippen LogP contribution in [-0.4, -0.2) is 18.9 Å². The normalized spacial score (nSPS) is 42.6. The third kappa shape index (κ3) is 2.33. The predicted molar refractivity (Wildman–Crippen MR) is 61.1 cm³/mol. The first-order valence-corrected chi connectivity index (χ1v) is 6.30. The molecule has 0 saturated heterocycles. The second-order valence-corrected chi connectivity index (χ2v) is 5.90. The lowest BCUT2D eigenvalue weighted by atomic mass is 9.63. The number of ether oxygens (including phenoxy) is 2. The first kappa shape index (κ1) is 11.7. The quantitative estimate of drug-likeness (QED) is 0.643. The largest absolute Gasteiger partial charge is 0.508 e. The molecule has 0 spiro atoms. The van der Waals surface area contributed by atoms with Gasteiger partial charge < -0.3 is 9.47 Å². The first-order valence-electron chi connectivity index (χ1n) is 6.30. The number of hydrogen-bond acceptors (Lipinski definition) is 3. The van der Waals surface area contributed by atoms with E-state index in [1.54, 1.807) is 0 Å². The van der Waals surface area contributed by atoms with Crippen LogP contribution >= 0.6 is 0 Å². The summed E-state index contributed by atoms with van der Waals surface area (Å²) in [7, 11) is 1.38. The fourth-order valence-electron chi connectivity index (χ4n) is 3.96. The van der Waals surface area contributed by atoms with E-state index in [1.165, 1.54) is 20.0 Å². The van der Waals surface area contributed by atoms with Crippen LogP contribution in [-0.2, 0) is 9.47 Å². The van der Waals surface area contributed by atoms with Gasteiger partial charge in [-0.2, -0.15) is 0 Å². The molecule has 0 aromatic rings. The van der Waals surface area contributed by atoms with Gasteiger partial charge in [0.1, 0.15) is 5.60 Å². The Kier molecular flexibility index (Phi) is 3.13. The zero-order valence-electron chi connectivity index (χ0n) is 10.5. The summed E-state index contributed by atoms with van der Waals surface area (Å²) in [6, 6.07) is 0. The van der Waals surface area contributed by atoms with Crippen molar-refractivity contribution in [2.24, 2.45) is 17.8 Å². The first-order chi connectivity index (χ1) is 7.53. The van der Waals surface area contributed by atoms with Gasteiger partial charge in [0.05, 0.1) is 7.11 Å². The molecule has 0 radical (unpaired) electrons. The van der Waals surface area contributed by atoms with Gasteiger partial charge in [0.2, 0.25) is 0 Å². The molecule has 2 atom stereocenters. The highest BCUT2D eigenvalue weighted by Gasteiger charge is 2.47. The molecule has 0 N–H and O–H groups in total. The molecule has 0 amide bonds. The monoisotopic (exact) mass is 226 g/mol. The van der Waals surface area contributed by atoms with E-state index in [1.807, 2.05) is 0 Å². The standard InChI is InChI=1S/C13H22O3/c1-9-4-11-5-10(2)7-13(6-9,8-11)16-12(14)15-3/h9-11H,4-8H2,1-3H3. The highest BCUT2D eigenvalue weighted by molar-refractivity contribution is 5.60. The van der Waals surface area contributed by atoms with E-state index in [2.05, 4.69) is 18.6 Å². The fraction of sp³-hybridized carbons (Fsp3) is 0.923. The van der Waals surface area contributed by atoms with Gasteiger partial charge in [0, 0.05) is 0 Å². The Morgan fingerprint density at radius 2 is 1.69 bits per heavy atom. The lowest BCUT2D eigenvalue weighted by Gasteiger charge is -2.48. The molecule has 92 valence electrons. The summed E-state index contributed by atoms with van der Waals surface area (Å²) in [6.45, 7) is 4.52. The van der Waals surface area contributed by atoms with Crippen LogP contribution in [0.2, 0.25) is 0 Å². The molecule has 2 fully saturated rings. The number of carbonyl (C=O) groups is 1. The lowest BCUT2D eigenvalue weighted by molar-refractivity contribution is -0.105. The average Bonchev–Trinajstić information content (AvgIpc) is 2.13. The van der Waals surface area contributed by atoms with Crippen LogP contribution in [0.1, 0.15) is 46.0 Å². The van der Waals surface area contributed by atoms with Crippen molar-refractivity contribution in [3.8, 4) is 0 Å². The highest BCUT2D eigenvalue weighted by Crippen LogP contribution is 2.49. The van der Waals surface area contributed by atoms with Gasteiger partial charge in [0.15, 0.2) is 0 Å². The Hall–Kier alpha value is -0.730. The zero-order valence-corrected chi connectivity index (χ0v) is 10.5. The van der Waals surface area contributed by atoms with Crippen molar-refractivity contribution in [3.63, 3.8) is 0 Å². The highest BCUT2D eigenvalue weighted by atomic mass is 16.7. The molecule has 0 aliphatic heterocycles. The summed E-state index contributed by atoms with van der Waals surface area (Å²) >= 11 is 0. The van der Waals surface area contributed by atoms with E-state index in [-0.39, 0.29) is 5.60 Å². The maximum Gasteiger partial charge on any atom is 0.508 e. The molecule has 0 aromatic carbocycles. The molecule has 2 aliphatic rings. The van der Waals surface area contributed by atoms with Crippen LogP contribution in [0.15, 0.2) is 0 Å². The Morgan fingerprint density at radius 1 is 1.12 bits per heavy atom. The molecule has 2 bridgehead atoms.